The molecule has 1 unspecified atom stereocenters. The second kappa shape index (κ2) is 5.93. The van der Waals surface area contributed by atoms with E-state index in [0.717, 1.165) is 22.5 Å². The molecule has 0 fully saturated rings. The van der Waals surface area contributed by atoms with Crippen LogP contribution in [0.3, 0.4) is 0 Å². The van der Waals surface area contributed by atoms with Crippen LogP contribution in [-0.4, -0.2) is 23.1 Å². The lowest BCUT2D eigenvalue weighted by Gasteiger charge is -2.28. The minimum atomic E-state index is 0.416. The third-order valence-electron chi connectivity index (χ3n) is 3.43. The SMILES string of the molecule is Cc1cc2c(N(C)C(C)CC(C)C)nc(NN)nc2s1. The van der Waals surface area contributed by atoms with Crippen molar-refractivity contribution < 1.29 is 0 Å². The van der Waals surface area contributed by atoms with Gasteiger partial charge in [0.2, 0.25) is 5.95 Å². The van der Waals surface area contributed by atoms with E-state index in [9.17, 15) is 0 Å². The fourth-order valence-electron chi connectivity index (χ4n) is 2.41. The first kappa shape index (κ1) is 15.0. The summed E-state index contributed by atoms with van der Waals surface area (Å²) in [5.74, 6) is 7.55. The molecule has 0 aliphatic carbocycles. The van der Waals surface area contributed by atoms with Gasteiger partial charge >= 0.3 is 0 Å². The fourth-order valence-corrected chi connectivity index (χ4v) is 3.28. The average molecular weight is 293 g/mol. The van der Waals surface area contributed by atoms with E-state index in [2.05, 4.69) is 61.1 Å². The zero-order chi connectivity index (χ0) is 14.9. The molecule has 0 aromatic carbocycles. The monoisotopic (exact) mass is 293 g/mol. The van der Waals surface area contributed by atoms with E-state index in [4.69, 9.17) is 5.84 Å². The van der Waals surface area contributed by atoms with Gasteiger partial charge in [0.15, 0.2) is 0 Å². The Morgan fingerprint density at radius 1 is 1.35 bits per heavy atom. The van der Waals surface area contributed by atoms with Gasteiger partial charge in [-0.15, -0.1) is 11.3 Å². The number of nitrogens with zero attached hydrogens (tertiary/aromatic N) is 3. The second-order valence-corrected chi connectivity index (χ2v) is 6.92. The molecular weight excluding hydrogens is 270 g/mol. The molecule has 0 spiro atoms. The zero-order valence-electron chi connectivity index (χ0n) is 12.8. The number of nitrogen functional groups attached to an aromatic ring is 1. The number of nitrogens with one attached hydrogen (secondary N) is 1. The Balaban J connectivity index is 2.45. The molecule has 20 heavy (non-hydrogen) atoms. The van der Waals surface area contributed by atoms with Crippen LogP contribution in [0.4, 0.5) is 11.8 Å². The van der Waals surface area contributed by atoms with Gasteiger partial charge in [-0.05, 0) is 32.3 Å². The van der Waals surface area contributed by atoms with Crippen LogP contribution < -0.4 is 16.2 Å². The predicted molar refractivity (Wildman–Crippen MR) is 87.3 cm³/mol. The predicted octanol–water partition coefficient (Wildman–Crippen LogP) is 3.16. The molecule has 0 amide bonds. The Hall–Kier alpha value is -1.40. The van der Waals surface area contributed by atoms with E-state index in [-0.39, 0.29) is 0 Å². The molecule has 2 aromatic rings. The Bertz CT molecular complexity index is 593. The Morgan fingerprint density at radius 3 is 2.65 bits per heavy atom. The number of rotatable bonds is 5. The van der Waals surface area contributed by atoms with Crippen molar-refractivity contribution in [2.24, 2.45) is 11.8 Å². The van der Waals surface area contributed by atoms with Gasteiger partial charge in [0.1, 0.15) is 10.6 Å². The summed E-state index contributed by atoms with van der Waals surface area (Å²) in [6.45, 7) is 8.79. The summed E-state index contributed by atoms with van der Waals surface area (Å²) >= 11 is 1.67. The van der Waals surface area contributed by atoms with E-state index >= 15 is 0 Å². The molecule has 0 bridgehead atoms. The van der Waals surface area contributed by atoms with Gasteiger partial charge in [-0.25, -0.2) is 10.8 Å². The highest BCUT2D eigenvalue weighted by Gasteiger charge is 2.18. The second-order valence-electron chi connectivity index (χ2n) is 5.68. The van der Waals surface area contributed by atoms with Crippen LogP contribution in [0.15, 0.2) is 6.07 Å². The summed E-state index contributed by atoms with van der Waals surface area (Å²) in [5.41, 5.74) is 2.56. The molecule has 2 heterocycles. The minimum absolute atomic E-state index is 0.416. The summed E-state index contributed by atoms with van der Waals surface area (Å²) in [6.07, 6.45) is 1.12. The standard InChI is InChI=1S/C14H23N5S/c1-8(2)6-9(3)19(5)12-11-7-10(4)20-13(11)17-14(16-12)18-15/h7-9H,6,15H2,1-5H3,(H,16,17,18). The summed E-state index contributed by atoms with van der Waals surface area (Å²) in [5, 5.41) is 1.10. The van der Waals surface area contributed by atoms with Crippen LogP contribution in [0.25, 0.3) is 10.2 Å². The highest BCUT2D eigenvalue weighted by molar-refractivity contribution is 7.18. The number of aryl methyl sites for hydroxylation is 1. The maximum Gasteiger partial charge on any atom is 0.240 e. The summed E-state index contributed by atoms with van der Waals surface area (Å²) in [6, 6.07) is 2.56. The minimum Gasteiger partial charge on any atom is -0.356 e. The molecule has 0 aliphatic heterocycles. The quantitative estimate of drug-likeness (QED) is 0.655. The van der Waals surface area contributed by atoms with Crippen LogP contribution in [-0.2, 0) is 0 Å². The topological polar surface area (TPSA) is 67.1 Å². The molecule has 0 radical (unpaired) electrons. The van der Waals surface area contributed by atoms with Crippen LogP contribution in [0.5, 0.6) is 0 Å². The molecule has 3 N–H and O–H groups in total. The number of fused-ring (bicyclic) bond motifs is 1. The number of aromatic nitrogens is 2. The molecule has 0 saturated heterocycles. The third-order valence-corrected chi connectivity index (χ3v) is 4.38. The number of nitrogens with two attached hydrogens (primary N) is 1. The smallest absolute Gasteiger partial charge is 0.240 e. The van der Waals surface area contributed by atoms with Crippen molar-refractivity contribution in [3.8, 4) is 0 Å². The largest absolute Gasteiger partial charge is 0.356 e. The van der Waals surface area contributed by atoms with E-state index in [1.165, 1.54) is 4.88 Å². The van der Waals surface area contributed by atoms with E-state index in [1.54, 1.807) is 11.3 Å². The van der Waals surface area contributed by atoms with Gasteiger partial charge in [0.25, 0.3) is 0 Å². The van der Waals surface area contributed by atoms with Crippen LogP contribution in [0.1, 0.15) is 32.1 Å². The number of hydrogen-bond donors (Lipinski definition) is 2. The average Bonchev–Trinajstić information content (AvgIpc) is 2.75. The van der Waals surface area contributed by atoms with Crippen LogP contribution in [0.2, 0.25) is 0 Å². The summed E-state index contributed by atoms with van der Waals surface area (Å²) in [7, 11) is 2.09. The lowest BCUT2D eigenvalue weighted by molar-refractivity contribution is 0.503. The van der Waals surface area contributed by atoms with Crippen molar-refractivity contribution >= 4 is 33.3 Å². The summed E-state index contributed by atoms with van der Waals surface area (Å²) < 4.78 is 0. The first-order chi connectivity index (χ1) is 9.42. The van der Waals surface area contributed by atoms with Gasteiger partial charge in [0, 0.05) is 18.0 Å². The Morgan fingerprint density at radius 2 is 2.05 bits per heavy atom. The van der Waals surface area contributed by atoms with Crippen molar-refractivity contribution in [3.63, 3.8) is 0 Å². The van der Waals surface area contributed by atoms with Crippen molar-refractivity contribution in [1.29, 1.82) is 0 Å². The van der Waals surface area contributed by atoms with Gasteiger partial charge < -0.3 is 4.90 Å². The first-order valence-corrected chi connectivity index (χ1v) is 7.71. The molecule has 1 atom stereocenters. The van der Waals surface area contributed by atoms with E-state index in [0.29, 0.717) is 17.9 Å². The third kappa shape index (κ3) is 3.02. The van der Waals surface area contributed by atoms with Gasteiger partial charge in [-0.3, -0.25) is 5.43 Å². The molecule has 0 saturated carbocycles. The van der Waals surface area contributed by atoms with Crippen molar-refractivity contribution in [1.82, 2.24) is 9.97 Å². The van der Waals surface area contributed by atoms with E-state index < -0.39 is 0 Å². The first-order valence-electron chi connectivity index (χ1n) is 6.90. The lowest BCUT2D eigenvalue weighted by Crippen LogP contribution is -2.31. The van der Waals surface area contributed by atoms with Gasteiger partial charge in [0.05, 0.1) is 5.39 Å². The van der Waals surface area contributed by atoms with Gasteiger partial charge in [-0.1, -0.05) is 13.8 Å². The number of anilines is 2. The Kier molecular flexibility index (Phi) is 4.45. The molecule has 2 rings (SSSR count). The van der Waals surface area contributed by atoms with Crippen molar-refractivity contribution in [3.05, 3.63) is 10.9 Å². The van der Waals surface area contributed by atoms with Crippen LogP contribution >= 0.6 is 11.3 Å². The Labute approximate surface area is 124 Å². The highest BCUT2D eigenvalue weighted by Crippen LogP contribution is 2.32. The molecule has 5 nitrogen and oxygen atoms in total. The number of hydrogen-bond acceptors (Lipinski definition) is 6. The number of thiophene rings is 1. The molecule has 2 aromatic heterocycles. The maximum absolute atomic E-state index is 5.48. The van der Waals surface area contributed by atoms with Crippen LogP contribution in [0, 0.1) is 12.8 Å². The van der Waals surface area contributed by atoms with Crippen molar-refractivity contribution in [2.45, 2.75) is 40.2 Å². The fraction of sp³-hybridized carbons (Fsp3) is 0.571. The zero-order valence-corrected chi connectivity index (χ0v) is 13.6. The maximum atomic E-state index is 5.48. The molecule has 6 heteroatoms. The van der Waals surface area contributed by atoms with E-state index in [1.807, 2.05) is 0 Å². The molecule has 110 valence electrons. The lowest BCUT2D eigenvalue weighted by atomic mass is 10.0. The summed E-state index contributed by atoms with van der Waals surface area (Å²) in [4.78, 5) is 13.4. The molecule has 0 aliphatic rings. The highest BCUT2D eigenvalue weighted by atomic mass is 32.1. The number of hydrazine groups is 1. The molecular formula is C14H23N5S. The normalized spacial score (nSPS) is 12.9. The van der Waals surface area contributed by atoms with Gasteiger partial charge in [-0.2, -0.15) is 4.98 Å². The van der Waals surface area contributed by atoms with Crippen molar-refractivity contribution in [2.75, 3.05) is 17.4 Å².